The molecule has 2 aromatic rings. The summed E-state index contributed by atoms with van der Waals surface area (Å²) in [7, 11) is 3.34. The minimum absolute atomic E-state index is 0.124. The van der Waals surface area contributed by atoms with Gasteiger partial charge < -0.3 is 15.0 Å². The lowest BCUT2D eigenvalue weighted by Crippen LogP contribution is -2.35. The van der Waals surface area contributed by atoms with Crippen molar-refractivity contribution in [2.45, 2.75) is 32.0 Å². The topological polar surface area (TPSA) is 76.5 Å². The maximum absolute atomic E-state index is 12.4. The first kappa shape index (κ1) is 18.4. The lowest BCUT2D eigenvalue weighted by Gasteiger charge is -2.16. The number of halogens is 1. The lowest BCUT2D eigenvalue weighted by atomic mass is 10.2. The van der Waals surface area contributed by atoms with Crippen LogP contribution in [-0.4, -0.2) is 52.8 Å². The second-order valence-corrected chi connectivity index (χ2v) is 6.91. The van der Waals surface area contributed by atoms with E-state index in [0.717, 1.165) is 11.4 Å². The van der Waals surface area contributed by atoms with Crippen molar-refractivity contribution in [1.82, 2.24) is 14.7 Å². The fourth-order valence-corrected chi connectivity index (χ4v) is 3.10. The van der Waals surface area contributed by atoms with Crippen LogP contribution in [0.2, 0.25) is 5.02 Å². The van der Waals surface area contributed by atoms with Crippen LogP contribution < -0.4 is 5.32 Å². The van der Waals surface area contributed by atoms with Gasteiger partial charge in [0.05, 0.1) is 5.69 Å². The van der Waals surface area contributed by atoms with Gasteiger partial charge in [0.1, 0.15) is 12.2 Å². The highest BCUT2D eigenvalue weighted by atomic mass is 35.5. The molecule has 2 amide bonds. The molecule has 1 aliphatic heterocycles. The summed E-state index contributed by atoms with van der Waals surface area (Å²) in [5, 5.41) is 7.78. The number of likely N-dealkylation sites (N-methyl/N-ethyl adjacent to an activating group) is 1. The number of nitrogens with zero attached hydrogens (tertiary/aromatic N) is 3. The average molecular weight is 377 g/mol. The van der Waals surface area contributed by atoms with Crippen LogP contribution in [0.5, 0.6) is 0 Å². The highest BCUT2D eigenvalue weighted by Crippen LogP contribution is 2.23. The number of nitrogens with one attached hydrogen (secondary N) is 1. The van der Waals surface area contributed by atoms with E-state index in [0.29, 0.717) is 23.7 Å². The molecule has 7 nitrogen and oxygen atoms in total. The van der Waals surface area contributed by atoms with E-state index in [1.54, 1.807) is 37.0 Å². The van der Waals surface area contributed by atoms with Crippen molar-refractivity contribution in [2.24, 2.45) is 0 Å². The van der Waals surface area contributed by atoms with Crippen molar-refractivity contribution in [3.63, 3.8) is 0 Å². The number of amides is 2. The number of carbonyl (C=O) groups excluding carboxylic acids is 2. The Balaban J connectivity index is 1.67. The third-order valence-electron chi connectivity index (χ3n) is 4.22. The minimum atomic E-state index is -0.652. The van der Waals surface area contributed by atoms with Gasteiger partial charge in [-0.1, -0.05) is 17.7 Å². The predicted octanol–water partition coefficient (Wildman–Crippen LogP) is 2.41. The summed E-state index contributed by atoms with van der Waals surface area (Å²) in [6.07, 6.45) is -0.179. The molecular weight excluding hydrogens is 356 g/mol. The Hall–Kier alpha value is -2.38. The molecule has 8 heteroatoms. The van der Waals surface area contributed by atoms with Gasteiger partial charge in [0.15, 0.2) is 5.82 Å². The molecule has 138 valence electrons. The summed E-state index contributed by atoms with van der Waals surface area (Å²) in [6, 6.07) is 9.08. The Bertz CT molecular complexity index is 834. The molecule has 1 fully saturated rings. The molecule has 1 aromatic carbocycles. The minimum Gasteiger partial charge on any atom is -0.355 e. The summed E-state index contributed by atoms with van der Waals surface area (Å²) < 4.78 is 7.30. The third-order valence-corrected chi connectivity index (χ3v) is 4.45. The SMILES string of the molecule is Cc1cc(NC(=O)[C@@H]2CC[C@H](C(=O)N(C)C)O2)nn1-c1cccc(Cl)c1. The summed E-state index contributed by atoms with van der Waals surface area (Å²) in [4.78, 5) is 25.9. The zero-order chi connectivity index (χ0) is 18.8. The number of ether oxygens (including phenoxy) is 1. The number of rotatable bonds is 4. The maximum Gasteiger partial charge on any atom is 0.254 e. The molecule has 2 heterocycles. The fraction of sp³-hybridized carbons (Fsp3) is 0.389. The van der Waals surface area contributed by atoms with Gasteiger partial charge in [0.25, 0.3) is 11.8 Å². The summed E-state index contributed by atoms with van der Waals surface area (Å²) in [5.41, 5.74) is 1.67. The highest BCUT2D eigenvalue weighted by Gasteiger charge is 2.35. The zero-order valence-corrected chi connectivity index (χ0v) is 15.7. The van der Waals surface area contributed by atoms with Gasteiger partial charge >= 0.3 is 0 Å². The summed E-state index contributed by atoms with van der Waals surface area (Å²) in [5.74, 6) is 0.00893. The molecule has 0 aliphatic carbocycles. The smallest absolute Gasteiger partial charge is 0.254 e. The van der Waals surface area contributed by atoms with Gasteiger partial charge in [0, 0.05) is 30.9 Å². The molecule has 26 heavy (non-hydrogen) atoms. The number of aryl methyl sites for hydroxylation is 1. The van der Waals surface area contributed by atoms with E-state index < -0.39 is 12.2 Å². The maximum atomic E-state index is 12.4. The average Bonchev–Trinajstić information content (AvgIpc) is 3.21. The lowest BCUT2D eigenvalue weighted by molar-refractivity contribution is -0.143. The van der Waals surface area contributed by atoms with Gasteiger partial charge in [-0.3, -0.25) is 9.59 Å². The van der Waals surface area contributed by atoms with E-state index in [1.165, 1.54) is 4.90 Å². The van der Waals surface area contributed by atoms with Gasteiger partial charge in [-0.25, -0.2) is 4.68 Å². The number of hydrogen-bond acceptors (Lipinski definition) is 4. The molecule has 0 spiro atoms. The number of carbonyl (C=O) groups is 2. The molecule has 0 unspecified atom stereocenters. The number of benzene rings is 1. The number of anilines is 1. The molecule has 0 saturated carbocycles. The van der Waals surface area contributed by atoms with Crippen LogP contribution in [0.1, 0.15) is 18.5 Å². The van der Waals surface area contributed by atoms with Gasteiger partial charge in [-0.05, 0) is 38.0 Å². The highest BCUT2D eigenvalue weighted by molar-refractivity contribution is 6.30. The first-order valence-electron chi connectivity index (χ1n) is 8.35. The van der Waals surface area contributed by atoms with E-state index >= 15 is 0 Å². The van der Waals surface area contributed by atoms with E-state index in [9.17, 15) is 9.59 Å². The molecule has 1 saturated heterocycles. The Morgan fingerprint density at radius 2 is 2.00 bits per heavy atom. The van der Waals surface area contributed by atoms with E-state index in [-0.39, 0.29) is 11.8 Å². The Morgan fingerprint density at radius 3 is 2.69 bits per heavy atom. The van der Waals surface area contributed by atoms with Crippen LogP contribution in [0.15, 0.2) is 30.3 Å². The number of hydrogen-bond donors (Lipinski definition) is 1. The zero-order valence-electron chi connectivity index (χ0n) is 14.9. The number of aromatic nitrogens is 2. The quantitative estimate of drug-likeness (QED) is 0.889. The van der Waals surface area contributed by atoms with E-state index in [4.69, 9.17) is 16.3 Å². The van der Waals surface area contributed by atoms with Crippen molar-refractivity contribution in [3.8, 4) is 5.69 Å². The molecule has 1 aromatic heterocycles. The Kier molecular flexibility index (Phi) is 5.29. The van der Waals surface area contributed by atoms with Crippen molar-refractivity contribution in [3.05, 3.63) is 41.0 Å². The van der Waals surface area contributed by atoms with Crippen LogP contribution >= 0.6 is 11.6 Å². The standard InChI is InChI=1S/C18H21ClN4O3/c1-11-9-16(21-23(11)13-6-4-5-12(19)10-13)20-17(24)14-7-8-15(26-14)18(25)22(2)3/h4-6,9-10,14-15H,7-8H2,1-3H3,(H,20,21,24)/t14-,15+/m0/s1. The van der Waals surface area contributed by atoms with E-state index in [2.05, 4.69) is 10.4 Å². The Morgan fingerprint density at radius 1 is 1.27 bits per heavy atom. The normalized spacial score (nSPS) is 19.4. The monoisotopic (exact) mass is 376 g/mol. The largest absolute Gasteiger partial charge is 0.355 e. The second-order valence-electron chi connectivity index (χ2n) is 6.48. The Labute approximate surface area is 156 Å². The fourth-order valence-electron chi connectivity index (χ4n) is 2.91. The van der Waals surface area contributed by atoms with Crippen molar-refractivity contribution in [2.75, 3.05) is 19.4 Å². The first-order chi connectivity index (χ1) is 12.3. The van der Waals surface area contributed by atoms with Crippen LogP contribution in [0, 0.1) is 6.92 Å². The molecular formula is C18H21ClN4O3. The molecule has 0 bridgehead atoms. The summed E-state index contributed by atoms with van der Waals surface area (Å²) >= 11 is 6.03. The molecule has 0 radical (unpaired) electrons. The predicted molar refractivity (Wildman–Crippen MR) is 98.5 cm³/mol. The van der Waals surface area contributed by atoms with Crippen LogP contribution in [-0.2, 0) is 14.3 Å². The van der Waals surface area contributed by atoms with Crippen LogP contribution in [0.4, 0.5) is 5.82 Å². The molecule has 1 aliphatic rings. The molecule has 2 atom stereocenters. The third kappa shape index (κ3) is 3.89. The van der Waals surface area contributed by atoms with Crippen molar-refractivity contribution >= 4 is 29.2 Å². The first-order valence-corrected chi connectivity index (χ1v) is 8.73. The van der Waals surface area contributed by atoms with Crippen LogP contribution in [0.25, 0.3) is 5.69 Å². The van der Waals surface area contributed by atoms with E-state index in [1.807, 2.05) is 19.1 Å². The van der Waals surface area contributed by atoms with Gasteiger partial charge in [0.2, 0.25) is 0 Å². The second kappa shape index (κ2) is 7.47. The summed E-state index contributed by atoms with van der Waals surface area (Å²) in [6.45, 7) is 1.89. The van der Waals surface area contributed by atoms with Crippen LogP contribution in [0.3, 0.4) is 0 Å². The van der Waals surface area contributed by atoms with Crippen molar-refractivity contribution in [1.29, 1.82) is 0 Å². The van der Waals surface area contributed by atoms with Gasteiger partial charge in [-0.2, -0.15) is 0 Å². The molecule has 1 N–H and O–H groups in total. The molecule has 3 rings (SSSR count). The van der Waals surface area contributed by atoms with Gasteiger partial charge in [-0.15, -0.1) is 5.10 Å². The van der Waals surface area contributed by atoms with Crippen molar-refractivity contribution < 1.29 is 14.3 Å².